The van der Waals surface area contributed by atoms with Crippen molar-refractivity contribution in [2.24, 2.45) is 0 Å². The fourth-order valence-electron chi connectivity index (χ4n) is 2.19. The van der Waals surface area contributed by atoms with Gasteiger partial charge in [-0.15, -0.1) is 0 Å². The van der Waals surface area contributed by atoms with Crippen LogP contribution in [0.2, 0.25) is 0 Å². The number of ether oxygens (including phenoxy) is 1. The van der Waals surface area contributed by atoms with E-state index in [9.17, 15) is 19.7 Å². The van der Waals surface area contributed by atoms with Crippen molar-refractivity contribution in [1.82, 2.24) is 0 Å². The van der Waals surface area contributed by atoms with Crippen LogP contribution in [-0.2, 0) is 14.3 Å². The Labute approximate surface area is 150 Å². The van der Waals surface area contributed by atoms with Gasteiger partial charge in [-0.05, 0) is 43.7 Å². The van der Waals surface area contributed by atoms with E-state index in [1.54, 1.807) is 24.3 Å². The number of esters is 1. The van der Waals surface area contributed by atoms with E-state index in [0.29, 0.717) is 5.69 Å². The normalized spacial score (nSPS) is 11.8. The molecule has 26 heavy (non-hydrogen) atoms. The lowest BCUT2D eigenvalue weighted by Gasteiger charge is -2.12. The van der Waals surface area contributed by atoms with Gasteiger partial charge in [-0.2, -0.15) is 0 Å². The van der Waals surface area contributed by atoms with Crippen molar-refractivity contribution in [3.05, 3.63) is 75.8 Å². The standard InChI is InChI=1S/C19H18N2O5/c1-13-6-5-8-16(12-13)20-19(23)14(2)26-18(22)11-10-15-7-3-4-9-17(15)21(24)25/h3-12,14H,1-2H3,(H,20,23)/b11-10+. The summed E-state index contributed by atoms with van der Waals surface area (Å²) in [5.41, 5.74) is 1.74. The maximum atomic E-state index is 12.1. The van der Waals surface area contributed by atoms with E-state index in [4.69, 9.17) is 4.74 Å². The second-order valence-electron chi connectivity index (χ2n) is 5.59. The number of nitro groups is 1. The van der Waals surface area contributed by atoms with E-state index in [1.165, 1.54) is 31.2 Å². The van der Waals surface area contributed by atoms with Crippen molar-refractivity contribution in [1.29, 1.82) is 0 Å². The first-order chi connectivity index (χ1) is 12.4. The van der Waals surface area contributed by atoms with Gasteiger partial charge >= 0.3 is 5.97 Å². The average molecular weight is 354 g/mol. The fraction of sp³-hybridized carbons (Fsp3) is 0.158. The number of nitrogens with one attached hydrogen (secondary N) is 1. The first kappa shape index (κ1) is 18.9. The van der Waals surface area contributed by atoms with Gasteiger partial charge in [0.25, 0.3) is 11.6 Å². The van der Waals surface area contributed by atoms with E-state index in [2.05, 4.69) is 5.32 Å². The maximum Gasteiger partial charge on any atom is 0.331 e. The number of hydrogen-bond acceptors (Lipinski definition) is 5. The molecule has 0 bridgehead atoms. The van der Waals surface area contributed by atoms with Crippen molar-refractivity contribution in [2.45, 2.75) is 20.0 Å². The first-order valence-electron chi connectivity index (χ1n) is 7.86. The number of hydrogen-bond donors (Lipinski definition) is 1. The van der Waals surface area contributed by atoms with Gasteiger partial charge in [0.15, 0.2) is 6.10 Å². The van der Waals surface area contributed by atoms with Crippen LogP contribution >= 0.6 is 0 Å². The second kappa shape index (κ2) is 8.57. The second-order valence-corrected chi connectivity index (χ2v) is 5.59. The minimum absolute atomic E-state index is 0.123. The summed E-state index contributed by atoms with van der Waals surface area (Å²) in [5.74, 6) is -1.24. The van der Waals surface area contributed by atoms with Crippen LogP contribution in [0.15, 0.2) is 54.6 Å². The highest BCUT2D eigenvalue weighted by Crippen LogP contribution is 2.19. The quantitative estimate of drug-likeness (QED) is 0.370. The third-order valence-corrected chi connectivity index (χ3v) is 3.48. The van der Waals surface area contributed by atoms with Gasteiger partial charge in [0, 0.05) is 17.8 Å². The number of anilines is 1. The molecule has 2 rings (SSSR count). The fourth-order valence-corrected chi connectivity index (χ4v) is 2.19. The Morgan fingerprint density at radius 2 is 1.92 bits per heavy atom. The molecule has 1 amide bonds. The molecule has 7 heteroatoms. The van der Waals surface area contributed by atoms with Gasteiger partial charge in [-0.25, -0.2) is 4.79 Å². The monoisotopic (exact) mass is 354 g/mol. The Morgan fingerprint density at radius 1 is 1.19 bits per heavy atom. The Bertz CT molecular complexity index is 861. The van der Waals surface area contributed by atoms with E-state index >= 15 is 0 Å². The van der Waals surface area contributed by atoms with Crippen LogP contribution < -0.4 is 5.32 Å². The predicted octanol–water partition coefficient (Wildman–Crippen LogP) is 3.49. The molecule has 0 saturated heterocycles. The summed E-state index contributed by atoms with van der Waals surface area (Å²) in [6.45, 7) is 3.34. The summed E-state index contributed by atoms with van der Waals surface area (Å²) in [7, 11) is 0. The van der Waals surface area contributed by atoms with Crippen molar-refractivity contribution < 1.29 is 19.2 Å². The summed E-state index contributed by atoms with van der Waals surface area (Å²) in [4.78, 5) is 34.3. The first-order valence-corrected chi connectivity index (χ1v) is 7.86. The molecule has 0 spiro atoms. The Hall–Kier alpha value is -3.48. The molecular weight excluding hydrogens is 336 g/mol. The highest BCUT2D eigenvalue weighted by Gasteiger charge is 2.17. The molecule has 134 valence electrons. The van der Waals surface area contributed by atoms with Crippen molar-refractivity contribution in [3.63, 3.8) is 0 Å². The smallest absolute Gasteiger partial charge is 0.331 e. The molecular formula is C19H18N2O5. The van der Waals surface area contributed by atoms with Gasteiger partial charge in [0.2, 0.25) is 0 Å². The molecule has 0 aliphatic heterocycles. The molecule has 0 saturated carbocycles. The number of nitrogens with zero attached hydrogens (tertiary/aromatic N) is 1. The summed E-state index contributed by atoms with van der Waals surface area (Å²) >= 11 is 0. The summed E-state index contributed by atoms with van der Waals surface area (Å²) in [5, 5.41) is 13.6. The van der Waals surface area contributed by atoms with Gasteiger partial charge < -0.3 is 10.1 Å². The van der Waals surface area contributed by atoms with Crippen LogP contribution in [0.5, 0.6) is 0 Å². The topological polar surface area (TPSA) is 98.5 Å². The van der Waals surface area contributed by atoms with Crippen LogP contribution in [0.1, 0.15) is 18.1 Å². The van der Waals surface area contributed by atoms with Crippen LogP contribution in [0.4, 0.5) is 11.4 Å². The highest BCUT2D eigenvalue weighted by molar-refractivity contribution is 5.96. The van der Waals surface area contributed by atoms with Gasteiger partial charge in [0.05, 0.1) is 10.5 Å². The summed E-state index contributed by atoms with van der Waals surface area (Å²) in [6.07, 6.45) is 1.32. The number of nitro benzene ring substituents is 1. The number of carbonyl (C=O) groups excluding carboxylic acids is 2. The van der Waals surface area contributed by atoms with Crippen molar-refractivity contribution in [2.75, 3.05) is 5.32 Å². The van der Waals surface area contributed by atoms with Gasteiger partial charge in [-0.3, -0.25) is 14.9 Å². The number of para-hydroxylation sites is 1. The zero-order chi connectivity index (χ0) is 19.1. The zero-order valence-electron chi connectivity index (χ0n) is 14.3. The molecule has 0 aliphatic carbocycles. The predicted molar refractivity (Wildman–Crippen MR) is 97.5 cm³/mol. The molecule has 1 unspecified atom stereocenters. The van der Waals surface area contributed by atoms with Gasteiger partial charge in [-0.1, -0.05) is 24.3 Å². The molecule has 0 aromatic heterocycles. The van der Waals surface area contributed by atoms with E-state index in [1.807, 2.05) is 13.0 Å². The van der Waals surface area contributed by atoms with Gasteiger partial charge in [0.1, 0.15) is 0 Å². The maximum absolute atomic E-state index is 12.1. The molecule has 0 aliphatic rings. The lowest BCUT2D eigenvalue weighted by atomic mass is 10.1. The third-order valence-electron chi connectivity index (χ3n) is 3.48. The Kier molecular flexibility index (Phi) is 6.21. The minimum atomic E-state index is -1.02. The molecule has 1 atom stereocenters. The molecule has 1 N–H and O–H groups in total. The van der Waals surface area contributed by atoms with Crippen molar-refractivity contribution in [3.8, 4) is 0 Å². The molecule has 2 aromatic rings. The molecule has 0 radical (unpaired) electrons. The lowest BCUT2D eigenvalue weighted by Crippen LogP contribution is -2.29. The van der Waals surface area contributed by atoms with E-state index < -0.39 is 22.9 Å². The zero-order valence-corrected chi connectivity index (χ0v) is 14.3. The summed E-state index contributed by atoms with van der Waals surface area (Å²) < 4.78 is 5.03. The highest BCUT2D eigenvalue weighted by atomic mass is 16.6. The number of benzene rings is 2. The van der Waals surface area contributed by atoms with Crippen molar-refractivity contribution >= 4 is 29.3 Å². The molecule has 0 heterocycles. The van der Waals surface area contributed by atoms with E-state index in [-0.39, 0.29) is 11.3 Å². The van der Waals surface area contributed by atoms with E-state index in [0.717, 1.165) is 11.6 Å². The Balaban J connectivity index is 1.96. The molecule has 2 aromatic carbocycles. The molecule has 0 fully saturated rings. The minimum Gasteiger partial charge on any atom is -0.449 e. The van der Waals surface area contributed by atoms with Crippen LogP contribution in [0.25, 0.3) is 6.08 Å². The largest absolute Gasteiger partial charge is 0.449 e. The number of rotatable bonds is 6. The Morgan fingerprint density at radius 3 is 2.62 bits per heavy atom. The van der Waals surface area contributed by atoms with Crippen LogP contribution in [0.3, 0.4) is 0 Å². The van der Waals surface area contributed by atoms with Crippen LogP contribution in [-0.4, -0.2) is 22.9 Å². The molecule has 7 nitrogen and oxygen atoms in total. The van der Waals surface area contributed by atoms with Crippen LogP contribution in [0, 0.1) is 17.0 Å². The number of aryl methyl sites for hydroxylation is 1. The number of amides is 1. The average Bonchev–Trinajstić information content (AvgIpc) is 2.60. The third kappa shape index (κ3) is 5.27. The number of carbonyl (C=O) groups is 2. The summed E-state index contributed by atoms with van der Waals surface area (Å²) in [6, 6.07) is 13.2. The lowest BCUT2D eigenvalue weighted by molar-refractivity contribution is -0.385. The SMILES string of the molecule is Cc1cccc(NC(=O)C(C)OC(=O)/C=C/c2ccccc2[N+](=O)[O-])c1.